The molecule has 0 aliphatic carbocycles. The third kappa shape index (κ3) is 5.33. The zero-order valence-corrected chi connectivity index (χ0v) is 13.2. The minimum absolute atomic E-state index is 0.164. The van der Waals surface area contributed by atoms with Crippen LogP contribution in [0.4, 0.5) is 0 Å². The predicted octanol–water partition coefficient (Wildman–Crippen LogP) is 3.01. The number of benzene rings is 1. The number of nitrogens with two attached hydrogens (primary N) is 1. The molecule has 0 saturated carbocycles. The highest BCUT2D eigenvalue weighted by Gasteiger charge is 2.16. The van der Waals surface area contributed by atoms with Gasteiger partial charge in [-0.05, 0) is 23.8 Å². The molecule has 0 saturated heterocycles. The Bertz CT molecular complexity index is 403. The molecule has 112 valence electrons. The molecule has 2 atom stereocenters. The molecule has 0 radical (unpaired) electrons. The van der Waals surface area contributed by atoms with E-state index in [0.717, 1.165) is 13.0 Å². The molecular weight excluding hydrogens is 248 g/mol. The Balaban J connectivity index is 2.42. The lowest BCUT2D eigenvalue weighted by molar-refractivity contribution is -0.130. The van der Waals surface area contributed by atoms with Gasteiger partial charge in [0.05, 0.1) is 0 Å². The quantitative estimate of drug-likeness (QED) is 0.832. The van der Waals surface area contributed by atoms with Gasteiger partial charge in [-0.2, -0.15) is 0 Å². The van der Waals surface area contributed by atoms with E-state index in [-0.39, 0.29) is 17.9 Å². The lowest BCUT2D eigenvalue weighted by Gasteiger charge is -2.23. The van der Waals surface area contributed by atoms with E-state index in [2.05, 4.69) is 32.9 Å². The topological polar surface area (TPSA) is 46.3 Å². The summed E-state index contributed by atoms with van der Waals surface area (Å²) in [5.41, 5.74) is 7.24. The minimum atomic E-state index is 0.164. The molecule has 0 aliphatic rings. The summed E-state index contributed by atoms with van der Waals surface area (Å²) in [6.45, 7) is 7.06. The summed E-state index contributed by atoms with van der Waals surface area (Å²) in [6, 6.07) is 10.3. The van der Waals surface area contributed by atoms with E-state index >= 15 is 0 Å². The number of amides is 1. The monoisotopic (exact) mass is 276 g/mol. The summed E-state index contributed by atoms with van der Waals surface area (Å²) in [5, 5.41) is 0. The zero-order valence-electron chi connectivity index (χ0n) is 13.2. The second-order valence-electron chi connectivity index (χ2n) is 6.03. The van der Waals surface area contributed by atoms with Crippen molar-refractivity contribution >= 4 is 5.91 Å². The van der Waals surface area contributed by atoms with Gasteiger partial charge in [-0.3, -0.25) is 4.79 Å². The Hall–Kier alpha value is -1.35. The Morgan fingerprint density at radius 2 is 1.80 bits per heavy atom. The molecule has 0 heterocycles. The summed E-state index contributed by atoms with van der Waals surface area (Å²) in [4.78, 5) is 14.0. The Morgan fingerprint density at radius 1 is 1.20 bits per heavy atom. The maximum absolute atomic E-state index is 12.2. The van der Waals surface area contributed by atoms with Crippen molar-refractivity contribution < 1.29 is 4.79 Å². The van der Waals surface area contributed by atoms with Crippen LogP contribution >= 0.6 is 0 Å². The van der Waals surface area contributed by atoms with Crippen LogP contribution in [0, 0.1) is 5.92 Å². The standard InChI is InChI=1S/C17H28N2O/c1-13(2)16(18)10-11-19(4)17(20)12-14(3)15-8-6-5-7-9-15/h5-9,13-14,16H,10-12,18H2,1-4H3. The van der Waals surface area contributed by atoms with Gasteiger partial charge in [0.2, 0.25) is 5.91 Å². The largest absolute Gasteiger partial charge is 0.346 e. The summed E-state index contributed by atoms with van der Waals surface area (Å²) < 4.78 is 0. The molecule has 0 aliphatic heterocycles. The SMILES string of the molecule is CC(CC(=O)N(C)CCC(N)C(C)C)c1ccccc1. The molecule has 2 N–H and O–H groups in total. The fraction of sp³-hybridized carbons (Fsp3) is 0.588. The highest BCUT2D eigenvalue weighted by Crippen LogP contribution is 2.19. The number of hydrogen-bond acceptors (Lipinski definition) is 2. The van der Waals surface area contributed by atoms with Crippen molar-refractivity contribution in [1.82, 2.24) is 4.90 Å². The summed E-state index contributed by atoms with van der Waals surface area (Å²) in [7, 11) is 1.87. The van der Waals surface area contributed by atoms with E-state index < -0.39 is 0 Å². The van der Waals surface area contributed by atoms with Crippen LogP contribution in [-0.2, 0) is 4.79 Å². The van der Waals surface area contributed by atoms with E-state index in [0.29, 0.717) is 12.3 Å². The molecule has 2 unspecified atom stereocenters. The van der Waals surface area contributed by atoms with E-state index in [9.17, 15) is 4.79 Å². The van der Waals surface area contributed by atoms with E-state index in [1.807, 2.05) is 30.1 Å². The first-order valence-corrected chi connectivity index (χ1v) is 7.46. The van der Waals surface area contributed by atoms with Crippen LogP contribution in [0.1, 0.15) is 45.1 Å². The average molecular weight is 276 g/mol. The lowest BCUT2D eigenvalue weighted by atomic mass is 9.97. The van der Waals surface area contributed by atoms with Crippen molar-refractivity contribution in [2.75, 3.05) is 13.6 Å². The van der Waals surface area contributed by atoms with E-state index in [1.165, 1.54) is 5.56 Å². The summed E-state index contributed by atoms with van der Waals surface area (Å²) in [5.74, 6) is 0.906. The third-order valence-corrected chi connectivity index (χ3v) is 3.93. The number of rotatable bonds is 7. The van der Waals surface area contributed by atoms with Crippen molar-refractivity contribution in [3.63, 3.8) is 0 Å². The van der Waals surface area contributed by atoms with Crippen LogP contribution in [0.25, 0.3) is 0 Å². The molecule has 0 aromatic heterocycles. The first-order chi connectivity index (χ1) is 9.41. The molecule has 0 bridgehead atoms. The van der Waals surface area contributed by atoms with Gasteiger partial charge in [0, 0.05) is 26.1 Å². The Morgan fingerprint density at radius 3 is 2.35 bits per heavy atom. The maximum atomic E-state index is 12.2. The molecule has 1 aromatic rings. The summed E-state index contributed by atoms with van der Waals surface area (Å²) in [6.07, 6.45) is 1.41. The fourth-order valence-corrected chi connectivity index (χ4v) is 2.12. The van der Waals surface area contributed by atoms with E-state index in [4.69, 9.17) is 5.73 Å². The molecule has 3 heteroatoms. The van der Waals surface area contributed by atoms with Gasteiger partial charge >= 0.3 is 0 Å². The summed E-state index contributed by atoms with van der Waals surface area (Å²) >= 11 is 0. The van der Waals surface area contributed by atoms with Crippen molar-refractivity contribution in [2.45, 2.75) is 45.6 Å². The van der Waals surface area contributed by atoms with Gasteiger partial charge in [-0.25, -0.2) is 0 Å². The molecule has 1 rings (SSSR count). The highest BCUT2D eigenvalue weighted by atomic mass is 16.2. The second-order valence-corrected chi connectivity index (χ2v) is 6.03. The van der Waals surface area contributed by atoms with Gasteiger partial charge < -0.3 is 10.6 Å². The van der Waals surface area contributed by atoms with Crippen molar-refractivity contribution in [2.24, 2.45) is 11.7 Å². The van der Waals surface area contributed by atoms with Gasteiger partial charge in [0.15, 0.2) is 0 Å². The second kappa shape index (κ2) is 8.05. The predicted molar refractivity (Wildman–Crippen MR) is 84.5 cm³/mol. The van der Waals surface area contributed by atoms with E-state index in [1.54, 1.807) is 0 Å². The van der Waals surface area contributed by atoms with Crippen molar-refractivity contribution in [1.29, 1.82) is 0 Å². The first-order valence-electron chi connectivity index (χ1n) is 7.46. The van der Waals surface area contributed by atoms with Crippen LogP contribution in [0.5, 0.6) is 0 Å². The average Bonchev–Trinajstić information content (AvgIpc) is 2.44. The molecule has 1 aromatic carbocycles. The number of carbonyl (C=O) groups excluding carboxylic acids is 1. The molecule has 20 heavy (non-hydrogen) atoms. The van der Waals surface area contributed by atoms with Crippen LogP contribution in [0.2, 0.25) is 0 Å². The molecular formula is C17H28N2O. The van der Waals surface area contributed by atoms with Crippen molar-refractivity contribution in [3.8, 4) is 0 Å². The van der Waals surface area contributed by atoms with Gasteiger partial charge in [0.1, 0.15) is 0 Å². The molecule has 0 fully saturated rings. The number of hydrogen-bond donors (Lipinski definition) is 1. The van der Waals surface area contributed by atoms with Gasteiger partial charge in [-0.15, -0.1) is 0 Å². The van der Waals surface area contributed by atoms with Crippen LogP contribution in [-0.4, -0.2) is 30.4 Å². The molecule has 1 amide bonds. The van der Waals surface area contributed by atoms with Crippen LogP contribution in [0.15, 0.2) is 30.3 Å². The molecule has 0 spiro atoms. The van der Waals surface area contributed by atoms with Crippen molar-refractivity contribution in [3.05, 3.63) is 35.9 Å². The Kier molecular flexibility index (Phi) is 6.73. The molecule has 3 nitrogen and oxygen atoms in total. The highest BCUT2D eigenvalue weighted by molar-refractivity contribution is 5.76. The normalized spacial score (nSPS) is 14.1. The maximum Gasteiger partial charge on any atom is 0.222 e. The number of carbonyl (C=O) groups is 1. The Labute approximate surface area is 123 Å². The van der Waals surface area contributed by atoms with Crippen LogP contribution in [0.3, 0.4) is 0 Å². The first kappa shape index (κ1) is 16.7. The fourth-order valence-electron chi connectivity index (χ4n) is 2.12. The van der Waals surface area contributed by atoms with Crippen LogP contribution < -0.4 is 5.73 Å². The minimum Gasteiger partial charge on any atom is -0.346 e. The smallest absolute Gasteiger partial charge is 0.222 e. The van der Waals surface area contributed by atoms with Gasteiger partial charge in [-0.1, -0.05) is 51.1 Å². The lowest BCUT2D eigenvalue weighted by Crippen LogP contribution is -2.35. The zero-order chi connectivity index (χ0) is 15.1. The number of nitrogens with zero attached hydrogens (tertiary/aromatic N) is 1. The van der Waals surface area contributed by atoms with Gasteiger partial charge in [0.25, 0.3) is 0 Å². The third-order valence-electron chi connectivity index (χ3n) is 3.93.